The fourth-order valence-corrected chi connectivity index (χ4v) is 3.53. The van der Waals surface area contributed by atoms with Crippen molar-refractivity contribution in [2.24, 2.45) is 4.99 Å². The van der Waals surface area contributed by atoms with Gasteiger partial charge in [0.15, 0.2) is 5.17 Å². The predicted octanol–water partition coefficient (Wildman–Crippen LogP) is -0.371. The molecule has 19 heavy (non-hydrogen) atoms. The van der Waals surface area contributed by atoms with Crippen LogP contribution >= 0.6 is 11.8 Å². The average Bonchev–Trinajstić information content (AvgIpc) is 2.84. The predicted molar refractivity (Wildman–Crippen MR) is 74.1 cm³/mol. The number of ether oxygens (including phenoxy) is 1. The molecule has 3 N–H and O–H groups in total. The lowest BCUT2D eigenvalue weighted by molar-refractivity contribution is -0.155. The third-order valence-corrected chi connectivity index (χ3v) is 4.85. The molecule has 2 aliphatic rings. The third-order valence-electron chi connectivity index (χ3n) is 3.60. The maximum absolute atomic E-state index is 10.2. The Morgan fingerprint density at radius 3 is 2.74 bits per heavy atom. The van der Waals surface area contributed by atoms with Gasteiger partial charge in [-0.2, -0.15) is 0 Å². The molecule has 7 heteroatoms. The minimum atomic E-state index is -0.941. The second kappa shape index (κ2) is 6.41. The molecule has 0 saturated carbocycles. The first-order valence-corrected chi connectivity index (χ1v) is 7.54. The summed E-state index contributed by atoms with van der Waals surface area (Å²) in [4.78, 5) is 6.44. The Morgan fingerprint density at radius 1 is 1.37 bits per heavy atom. The lowest BCUT2D eigenvalue weighted by Crippen LogP contribution is -2.54. The highest BCUT2D eigenvalue weighted by molar-refractivity contribution is 8.14. The molecule has 110 valence electrons. The van der Waals surface area contributed by atoms with Crippen LogP contribution in [0.4, 0.5) is 0 Å². The summed E-state index contributed by atoms with van der Waals surface area (Å²) in [6, 6.07) is -0.408. The average molecular weight is 290 g/mol. The zero-order valence-corrected chi connectivity index (χ0v) is 12.1. The molecule has 0 aromatic heterocycles. The zero-order valence-electron chi connectivity index (χ0n) is 11.3. The van der Waals surface area contributed by atoms with E-state index in [0.717, 1.165) is 11.7 Å². The Morgan fingerprint density at radius 2 is 2.11 bits per heavy atom. The molecule has 0 amide bonds. The number of fused-ring (bicyclic) bond motifs is 1. The summed E-state index contributed by atoms with van der Waals surface area (Å²) in [7, 11) is 1.94. The van der Waals surface area contributed by atoms with Crippen LogP contribution in [0.2, 0.25) is 0 Å². The molecule has 2 heterocycles. The summed E-state index contributed by atoms with van der Waals surface area (Å²) < 4.78 is 5.82. The highest BCUT2D eigenvalue weighted by atomic mass is 32.2. The number of aliphatic hydroxyl groups excluding tert-OH is 3. The minimum Gasteiger partial charge on any atom is -0.396 e. The zero-order chi connectivity index (χ0) is 14.0. The summed E-state index contributed by atoms with van der Waals surface area (Å²) in [5, 5.41) is 29.9. The monoisotopic (exact) mass is 290 g/mol. The van der Waals surface area contributed by atoms with Crippen LogP contribution in [-0.2, 0) is 4.74 Å². The number of aliphatic imine (C=N–C) groups is 1. The van der Waals surface area contributed by atoms with Crippen LogP contribution in [0.3, 0.4) is 0 Å². The van der Waals surface area contributed by atoms with Crippen LogP contribution in [-0.4, -0.2) is 75.4 Å². The Hall–Kier alpha value is -0.340. The van der Waals surface area contributed by atoms with E-state index in [-0.39, 0.29) is 12.0 Å². The van der Waals surface area contributed by atoms with Crippen LogP contribution in [0.25, 0.3) is 0 Å². The Labute approximate surface area is 117 Å². The van der Waals surface area contributed by atoms with E-state index in [1.165, 1.54) is 11.8 Å². The maximum atomic E-state index is 10.2. The molecular formula is C12H22N2O4S. The van der Waals surface area contributed by atoms with Gasteiger partial charge in [0.2, 0.25) is 0 Å². The van der Waals surface area contributed by atoms with Gasteiger partial charge in [-0.15, -0.1) is 0 Å². The van der Waals surface area contributed by atoms with Crippen LogP contribution in [0.1, 0.15) is 19.8 Å². The molecule has 2 rings (SSSR count). The lowest BCUT2D eigenvalue weighted by atomic mass is 9.95. The number of hydrogen-bond acceptors (Lipinski definition) is 7. The Kier molecular flexibility index (Phi) is 5.08. The van der Waals surface area contributed by atoms with E-state index in [1.807, 2.05) is 18.9 Å². The number of hydrogen-bond donors (Lipinski definition) is 3. The van der Waals surface area contributed by atoms with Gasteiger partial charge in [0.1, 0.15) is 23.7 Å². The van der Waals surface area contributed by atoms with Crippen molar-refractivity contribution >= 4 is 16.9 Å². The first-order valence-electron chi connectivity index (χ1n) is 6.66. The number of rotatable bonds is 4. The second-order valence-electron chi connectivity index (χ2n) is 4.92. The molecule has 0 spiro atoms. The van der Waals surface area contributed by atoms with Crippen molar-refractivity contribution in [3.63, 3.8) is 0 Å². The molecular weight excluding hydrogens is 268 g/mol. The van der Waals surface area contributed by atoms with Crippen molar-refractivity contribution < 1.29 is 20.1 Å². The third kappa shape index (κ3) is 3.05. The van der Waals surface area contributed by atoms with E-state index in [0.29, 0.717) is 12.8 Å². The lowest BCUT2D eigenvalue weighted by Gasteiger charge is -2.38. The molecule has 6 nitrogen and oxygen atoms in total. The molecule has 5 atom stereocenters. The quantitative estimate of drug-likeness (QED) is 0.655. The number of nitrogens with zero attached hydrogens (tertiary/aromatic N) is 2. The topological polar surface area (TPSA) is 85.5 Å². The van der Waals surface area contributed by atoms with E-state index in [9.17, 15) is 10.2 Å². The van der Waals surface area contributed by atoms with Crippen molar-refractivity contribution in [1.29, 1.82) is 0 Å². The molecule has 1 saturated heterocycles. The van der Waals surface area contributed by atoms with Gasteiger partial charge in [-0.05, 0) is 19.8 Å². The molecule has 1 fully saturated rings. The SMILES string of the molecule is CCN(C)C1=N[C@@H]2[C@@H](O)[C@H](O)[C@@H](CCCO)O[C@@H]2S1. The van der Waals surface area contributed by atoms with E-state index in [4.69, 9.17) is 9.84 Å². The summed E-state index contributed by atoms with van der Waals surface area (Å²) in [5.41, 5.74) is -0.244. The molecule has 0 aromatic rings. The second-order valence-corrected chi connectivity index (χ2v) is 5.99. The summed E-state index contributed by atoms with van der Waals surface area (Å²) in [6.45, 7) is 2.92. The molecule has 0 aromatic carbocycles. The van der Waals surface area contributed by atoms with Crippen molar-refractivity contribution in [2.75, 3.05) is 20.2 Å². The fraction of sp³-hybridized carbons (Fsp3) is 0.917. The fourth-order valence-electron chi connectivity index (χ4n) is 2.27. The largest absolute Gasteiger partial charge is 0.396 e. The highest BCUT2D eigenvalue weighted by Crippen LogP contribution is 2.38. The van der Waals surface area contributed by atoms with Crippen LogP contribution in [0.15, 0.2) is 4.99 Å². The van der Waals surface area contributed by atoms with E-state index in [1.54, 1.807) is 0 Å². The number of aliphatic hydroxyl groups is 3. The molecule has 0 bridgehead atoms. The normalized spacial score (nSPS) is 37.9. The van der Waals surface area contributed by atoms with Crippen molar-refractivity contribution in [3.05, 3.63) is 0 Å². The van der Waals surface area contributed by atoms with Crippen LogP contribution in [0, 0.1) is 0 Å². The maximum Gasteiger partial charge on any atom is 0.162 e. The molecule has 0 radical (unpaired) electrons. The van der Waals surface area contributed by atoms with Gasteiger partial charge in [0.25, 0.3) is 0 Å². The number of thioether (sulfide) groups is 1. The van der Waals surface area contributed by atoms with Gasteiger partial charge >= 0.3 is 0 Å². The number of amidine groups is 1. The highest BCUT2D eigenvalue weighted by Gasteiger charge is 2.48. The molecule has 2 aliphatic heterocycles. The summed E-state index contributed by atoms with van der Waals surface area (Å²) in [6.07, 6.45) is -1.19. The van der Waals surface area contributed by atoms with Crippen molar-refractivity contribution in [2.45, 2.75) is 49.6 Å². The standard InChI is InChI=1S/C12H22N2O4S/c1-3-14(2)12-13-8-10(17)9(16)7(5-4-6-15)18-11(8)19-12/h7-11,15-17H,3-6H2,1-2H3/t7-,8-,9-,10-,11-/m1/s1. The van der Waals surface area contributed by atoms with Crippen molar-refractivity contribution in [3.8, 4) is 0 Å². The molecule has 0 aliphatic carbocycles. The first kappa shape index (κ1) is 15.1. The Bertz CT molecular complexity index is 342. The first-order chi connectivity index (χ1) is 9.08. The van der Waals surface area contributed by atoms with E-state index < -0.39 is 24.4 Å². The van der Waals surface area contributed by atoms with Crippen LogP contribution < -0.4 is 0 Å². The molecule has 0 unspecified atom stereocenters. The van der Waals surface area contributed by atoms with Gasteiger partial charge in [0.05, 0.1) is 6.10 Å². The minimum absolute atomic E-state index is 0.0598. The van der Waals surface area contributed by atoms with Crippen molar-refractivity contribution in [1.82, 2.24) is 4.90 Å². The van der Waals surface area contributed by atoms with Gasteiger partial charge in [-0.25, -0.2) is 0 Å². The summed E-state index contributed by atoms with van der Waals surface area (Å²) >= 11 is 1.49. The van der Waals surface area contributed by atoms with Gasteiger partial charge < -0.3 is 25.0 Å². The Balaban J connectivity index is 2.04. The van der Waals surface area contributed by atoms with Gasteiger partial charge in [-0.1, -0.05) is 11.8 Å². The van der Waals surface area contributed by atoms with E-state index >= 15 is 0 Å². The smallest absolute Gasteiger partial charge is 0.162 e. The van der Waals surface area contributed by atoms with Gasteiger partial charge in [0, 0.05) is 20.2 Å². The summed E-state index contributed by atoms with van der Waals surface area (Å²) in [5.74, 6) is 0. The van der Waals surface area contributed by atoms with E-state index in [2.05, 4.69) is 4.99 Å². The van der Waals surface area contributed by atoms with Gasteiger partial charge in [-0.3, -0.25) is 4.99 Å². The van der Waals surface area contributed by atoms with Crippen LogP contribution in [0.5, 0.6) is 0 Å².